The first-order valence-electron chi connectivity index (χ1n) is 12.0. The van der Waals surface area contributed by atoms with Crippen LogP contribution in [-0.2, 0) is 16.0 Å². The number of nitrogens with zero attached hydrogens (tertiary/aromatic N) is 2. The van der Waals surface area contributed by atoms with Crippen LogP contribution in [0.5, 0.6) is 17.2 Å². The second-order valence-corrected chi connectivity index (χ2v) is 8.74. The number of benzene rings is 2. The lowest BCUT2D eigenvalue weighted by Gasteiger charge is -2.31. The van der Waals surface area contributed by atoms with Crippen LogP contribution in [0, 0.1) is 5.92 Å². The molecule has 4 rings (SSSR count). The second-order valence-electron chi connectivity index (χ2n) is 8.74. The maximum Gasteiger partial charge on any atom is 0.257 e. The molecule has 2 amide bonds. The van der Waals surface area contributed by atoms with Crippen molar-refractivity contribution in [3.8, 4) is 17.2 Å². The Hall–Kier alpha value is -4.01. The monoisotopic (exact) mass is 492 g/mol. The summed E-state index contributed by atoms with van der Waals surface area (Å²) in [6, 6.07) is 15.3. The van der Waals surface area contributed by atoms with Gasteiger partial charge in [-0.1, -0.05) is 18.2 Å². The van der Waals surface area contributed by atoms with E-state index in [-0.39, 0.29) is 24.3 Å². The number of amides is 2. The number of carbonyl (C=O) groups is 2. The molecule has 1 fully saturated rings. The van der Waals surface area contributed by atoms with Crippen molar-refractivity contribution < 1.29 is 23.8 Å². The Labute approximate surface area is 210 Å². The first-order valence-corrected chi connectivity index (χ1v) is 12.0. The highest BCUT2D eigenvalue weighted by Crippen LogP contribution is 2.29. The van der Waals surface area contributed by atoms with Crippen molar-refractivity contribution in [2.75, 3.05) is 45.4 Å². The number of rotatable bonds is 10. The van der Waals surface area contributed by atoms with Gasteiger partial charge in [0.2, 0.25) is 5.91 Å². The normalized spacial score (nSPS) is 13.9. The van der Waals surface area contributed by atoms with E-state index in [1.54, 1.807) is 14.2 Å². The van der Waals surface area contributed by atoms with E-state index in [1.807, 2.05) is 48.5 Å². The van der Waals surface area contributed by atoms with Crippen molar-refractivity contribution in [3.63, 3.8) is 0 Å². The van der Waals surface area contributed by atoms with Crippen molar-refractivity contribution in [1.29, 1.82) is 0 Å². The zero-order chi connectivity index (χ0) is 25.5. The highest BCUT2D eigenvalue weighted by atomic mass is 16.5. The number of hydrogen-bond acceptors (Lipinski definition) is 7. The SMILES string of the molecule is COc1ccc(CCNC(=O)COc2cccc3ccc(N4CCC(C(N)=O)CC4)nc23)cc1OC. The molecule has 0 atom stereocenters. The number of ether oxygens (including phenoxy) is 3. The fraction of sp³-hybridized carbons (Fsp3) is 0.370. The van der Waals surface area contributed by atoms with E-state index in [4.69, 9.17) is 24.9 Å². The Bertz CT molecular complexity index is 1220. The summed E-state index contributed by atoms with van der Waals surface area (Å²) >= 11 is 0. The number of nitrogens with one attached hydrogen (secondary N) is 1. The Morgan fingerprint density at radius 2 is 1.81 bits per heavy atom. The van der Waals surface area contributed by atoms with E-state index < -0.39 is 0 Å². The third-order valence-corrected chi connectivity index (χ3v) is 6.43. The Balaban J connectivity index is 1.33. The fourth-order valence-corrected chi connectivity index (χ4v) is 4.37. The standard InChI is InChI=1S/C27H32N4O5/c1-34-21-8-6-18(16-23(21)35-2)10-13-29-25(32)17-36-22-5-3-4-19-7-9-24(30-26(19)22)31-14-11-20(12-15-31)27(28)33/h3-9,16,20H,10-15,17H2,1-2H3,(H2,28,33)(H,29,32). The Morgan fingerprint density at radius 3 is 2.53 bits per heavy atom. The van der Waals surface area contributed by atoms with Crippen LogP contribution >= 0.6 is 0 Å². The van der Waals surface area contributed by atoms with Gasteiger partial charge in [-0.05, 0) is 55.2 Å². The van der Waals surface area contributed by atoms with Gasteiger partial charge in [-0.3, -0.25) is 9.59 Å². The van der Waals surface area contributed by atoms with Crippen LogP contribution in [0.25, 0.3) is 10.9 Å². The molecule has 0 radical (unpaired) electrons. The zero-order valence-corrected chi connectivity index (χ0v) is 20.7. The molecule has 36 heavy (non-hydrogen) atoms. The average Bonchev–Trinajstić information content (AvgIpc) is 2.91. The number of carbonyl (C=O) groups excluding carboxylic acids is 2. The summed E-state index contributed by atoms with van der Waals surface area (Å²) in [6.07, 6.45) is 2.09. The van der Waals surface area contributed by atoms with Crippen LogP contribution in [0.4, 0.5) is 5.82 Å². The van der Waals surface area contributed by atoms with Crippen LogP contribution in [0.3, 0.4) is 0 Å². The molecule has 190 valence electrons. The van der Waals surface area contributed by atoms with E-state index in [0.29, 0.717) is 35.7 Å². The molecule has 9 nitrogen and oxygen atoms in total. The lowest BCUT2D eigenvalue weighted by atomic mass is 9.96. The van der Waals surface area contributed by atoms with Gasteiger partial charge in [0.25, 0.3) is 5.91 Å². The van der Waals surface area contributed by atoms with E-state index in [9.17, 15) is 9.59 Å². The minimum absolute atomic E-state index is 0.0779. The minimum Gasteiger partial charge on any atom is -0.493 e. The molecule has 2 heterocycles. The highest BCUT2D eigenvalue weighted by molar-refractivity contribution is 5.86. The first-order chi connectivity index (χ1) is 17.5. The van der Waals surface area contributed by atoms with Gasteiger partial charge in [-0.2, -0.15) is 0 Å². The largest absolute Gasteiger partial charge is 0.493 e. The summed E-state index contributed by atoms with van der Waals surface area (Å²) < 4.78 is 16.4. The van der Waals surface area contributed by atoms with Gasteiger partial charge in [0.15, 0.2) is 18.1 Å². The molecule has 0 unspecified atom stereocenters. The quantitative estimate of drug-likeness (QED) is 0.447. The lowest BCUT2D eigenvalue weighted by Crippen LogP contribution is -2.38. The third-order valence-electron chi connectivity index (χ3n) is 6.43. The van der Waals surface area contributed by atoms with Crippen LogP contribution in [0.2, 0.25) is 0 Å². The van der Waals surface area contributed by atoms with Gasteiger partial charge in [-0.15, -0.1) is 0 Å². The van der Waals surface area contributed by atoms with Gasteiger partial charge < -0.3 is 30.2 Å². The molecule has 0 bridgehead atoms. The van der Waals surface area contributed by atoms with Crippen LogP contribution < -0.4 is 30.2 Å². The van der Waals surface area contributed by atoms with Crippen LogP contribution in [0.1, 0.15) is 18.4 Å². The summed E-state index contributed by atoms with van der Waals surface area (Å²) in [5.74, 6) is 2.17. The van der Waals surface area contributed by atoms with Crippen molar-refractivity contribution in [2.45, 2.75) is 19.3 Å². The summed E-state index contributed by atoms with van der Waals surface area (Å²) in [7, 11) is 3.19. The van der Waals surface area contributed by atoms with Crippen LogP contribution in [-0.4, -0.2) is 57.3 Å². The molecule has 3 aromatic rings. The number of aromatic nitrogens is 1. The molecule has 9 heteroatoms. The predicted octanol–water partition coefficient (Wildman–Crippen LogP) is 2.69. The number of nitrogens with two attached hydrogens (primary N) is 1. The maximum atomic E-state index is 12.4. The molecule has 1 aromatic heterocycles. The minimum atomic E-state index is -0.237. The van der Waals surface area contributed by atoms with Crippen molar-refractivity contribution in [1.82, 2.24) is 10.3 Å². The maximum absolute atomic E-state index is 12.4. The van der Waals surface area contributed by atoms with E-state index in [0.717, 1.165) is 42.7 Å². The number of primary amides is 1. The molecule has 0 saturated carbocycles. The number of methoxy groups -OCH3 is 2. The van der Waals surface area contributed by atoms with Gasteiger partial charge in [0, 0.05) is 30.9 Å². The number of para-hydroxylation sites is 1. The number of pyridine rings is 1. The summed E-state index contributed by atoms with van der Waals surface area (Å²) in [6.45, 7) is 1.80. The number of fused-ring (bicyclic) bond motifs is 1. The molecule has 1 saturated heterocycles. The molecule has 2 aromatic carbocycles. The van der Waals surface area contributed by atoms with E-state index in [1.165, 1.54) is 0 Å². The summed E-state index contributed by atoms with van der Waals surface area (Å²) in [5.41, 5.74) is 7.18. The van der Waals surface area contributed by atoms with Crippen molar-refractivity contribution >= 4 is 28.5 Å². The topological polar surface area (TPSA) is 116 Å². The smallest absolute Gasteiger partial charge is 0.257 e. The number of hydrogen-bond donors (Lipinski definition) is 2. The van der Waals surface area contributed by atoms with Gasteiger partial charge in [0.1, 0.15) is 17.1 Å². The predicted molar refractivity (Wildman–Crippen MR) is 138 cm³/mol. The molecular weight excluding hydrogens is 460 g/mol. The molecule has 0 spiro atoms. The molecule has 3 N–H and O–H groups in total. The Morgan fingerprint density at radius 1 is 1.03 bits per heavy atom. The Kier molecular flexibility index (Phi) is 8.10. The number of piperidine rings is 1. The zero-order valence-electron chi connectivity index (χ0n) is 20.7. The third kappa shape index (κ3) is 5.97. The van der Waals surface area contributed by atoms with Crippen LogP contribution in [0.15, 0.2) is 48.5 Å². The van der Waals surface area contributed by atoms with Gasteiger partial charge in [-0.25, -0.2) is 4.98 Å². The van der Waals surface area contributed by atoms with Crippen molar-refractivity contribution in [2.24, 2.45) is 11.7 Å². The highest BCUT2D eigenvalue weighted by Gasteiger charge is 2.24. The number of anilines is 1. The first kappa shape index (κ1) is 25.1. The van der Waals surface area contributed by atoms with Gasteiger partial charge >= 0.3 is 0 Å². The summed E-state index contributed by atoms with van der Waals surface area (Å²) in [4.78, 5) is 30.8. The van der Waals surface area contributed by atoms with Crippen molar-refractivity contribution in [3.05, 3.63) is 54.1 Å². The molecular formula is C27H32N4O5. The second kappa shape index (κ2) is 11.6. The van der Waals surface area contributed by atoms with E-state index >= 15 is 0 Å². The fourth-order valence-electron chi connectivity index (χ4n) is 4.37. The lowest BCUT2D eigenvalue weighted by molar-refractivity contribution is -0.123. The summed E-state index contributed by atoms with van der Waals surface area (Å²) in [5, 5.41) is 3.82. The molecule has 1 aliphatic heterocycles. The van der Waals surface area contributed by atoms with E-state index in [2.05, 4.69) is 10.2 Å². The average molecular weight is 493 g/mol. The molecule has 1 aliphatic rings. The van der Waals surface area contributed by atoms with Gasteiger partial charge in [0.05, 0.1) is 14.2 Å². The molecule has 0 aliphatic carbocycles.